The van der Waals surface area contributed by atoms with Crippen molar-refractivity contribution in [3.05, 3.63) is 27.4 Å². The summed E-state index contributed by atoms with van der Waals surface area (Å²) in [4.78, 5) is 27.1. The molecule has 1 aliphatic rings. The van der Waals surface area contributed by atoms with Crippen molar-refractivity contribution in [3.8, 4) is 0 Å². The molecule has 1 aromatic rings. The van der Waals surface area contributed by atoms with Crippen LogP contribution in [0.2, 0.25) is 5.15 Å². The van der Waals surface area contributed by atoms with Crippen LogP contribution in [0.25, 0.3) is 0 Å². The van der Waals surface area contributed by atoms with Crippen molar-refractivity contribution in [2.75, 3.05) is 17.2 Å². The third kappa shape index (κ3) is 3.65. The summed E-state index contributed by atoms with van der Waals surface area (Å²) in [6.07, 6.45) is -0.0677. The van der Waals surface area contributed by atoms with E-state index in [-0.39, 0.29) is 35.4 Å². The molecule has 114 valence electrons. The van der Waals surface area contributed by atoms with E-state index in [1.807, 2.05) is 0 Å². The summed E-state index contributed by atoms with van der Waals surface area (Å²) in [5.74, 6) is -1.55. The van der Waals surface area contributed by atoms with Crippen molar-refractivity contribution >= 4 is 39.0 Å². The van der Waals surface area contributed by atoms with Gasteiger partial charge in [0.15, 0.2) is 0 Å². The molecule has 0 radical (unpaired) electrons. The summed E-state index contributed by atoms with van der Waals surface area (Å²) >= 11 is 5.70. The summed E-state index contributed by atoms with van der Waals surface area (Å²) in [6, 6.07) is 2.39. The number of rotatable bonds is 4. The number of amides is 1. The number of sulfonamides is 1. The lowest BCUT2D eigenvalue weighted by Gasteiger charge is -2.15. The molecule has 9 nitrogen and oxygen atoms in total. The number of halogens is 1. The number of aromatic nitrogens is 1. The van der Waals surface area contributed by atoms with Gasteiger partial charge in [-0.1, -0.05) is 11.6 Å². The summed E-state index contributed by atoms with van der Waals surface area (Å²) in [5.41, 5.74) is -0.371. The molecule has 0 saturated carbocycles. The van der Waals surface area contributed by atoms with Crippen LogP contribution in [0.4, 0.5) is 11.5 Å². The first kappa shape index (κ1) is 15.6. The van der Waals surface area contributed by atoms with Gasteiger partial charge in [-0.25, -0.2) is 18.5 Å². The van der Waals surface area contributed by atoms with Crippen LogP contribution in [0.15, 0.2) is 12.1 Å². The Morgan fingerprint density at radius 3 is 2.76 bits per heavy atom. The predicted molar refractivity (Wildman–Crippen MR) is 74.3 cm³/mol. The summed E-state index contributed by atoms with van der Waals surface area (Å²) in [7, 11) is -3.73. The highest BCUT2D eigenvalue weighted by Gasteiger charge is 2.36. The molecule has 2 N–H and O–H groups in total. The topological polar surface area (TPSA) is 136 Å². The molecule has 1 aliphatic heterocycles. The third-order valence-corrected chi connectivity index (χ3v) is 4.09. The second kappa shape index (κ2) is 5.54. The van der Waals surface area contributed by atoms with Crippen molar-refractivity contribution < 1.29 is 18.1 Å². The third-order valence-electron chi connectivity index (χ3n) is 2.95. The molecule has 1 saturated heterocycles. The molecule has 2 heterocycles. The van der Waals surface area contributed by atoms with Gasteiger partial charge in [0.05, 0.1) is 10.7 Å². The van der Waals surface area contributed by atoms with Gasteiger partial charge in [0.2, 0.25) is 21.7 Å². The summed E-state index contributed by atoms with van der Waals surface area (Å²) in [5, 5.41) is 15.9. The van der Waals surface area contributed by atoms with E-state index < -0.39 is 26.8 Å². The number of nitro groups is 1. The van der Waals surface area contributed by atoms with Gasteiger partial charge in [-0.05, 0) is 6.07 Å². The molecule has 11 heteroatoms. The number of nitrogens with two attached hydrogens (primary N) is 1. The fraction of sp³-hybridized carbons (Fsp3) is 0.400. The van der Waals surface area contributed by atoms with E-state index in [1.165, 1.54) is 6.07 Å². The van der Waals surface area contributed by atoms with Crippen molar-refractivity contribution in [2.24, 2.45) is 11.1 Å². The van der Waals surface area contributed by atoms with Crippen molar-refractivity contribution in [1.82, 2.24) is 4.98 Å². The van der Waals surface area contributed by atoms with E-state index in [0.717, 1.165) is 11.0 Å². The zero-order chi connectivity index (χ0) is 15.8. The average molecular weight is 335 g/mol. The van der Waals surface area contributed by atoms with Crippen LogP contribution in [0.5, 0.6) is 0 Å². The van der Waals surface area contributed by atoms with Gasteiger partial charge in [-0.2, -0.15) is 0 Å². The van der Waals surface area contributed by atoms with Crippen LogP contribution in [-0.2, 0) is 14.8 Å². The molecule has 1 aromatic heterocycles. The van der Waals surface area contributed by atoms with Crippen molar-refractivity contribution in [2.45, 2.75) is 6.42 Å². The largest absolute Gasteiger partial charge is 0.312 e. The van der Waals surface area contributed by atoms with Crippen LogP contribution in [-0.4, -0.2) is 36.5 Å². The molecule has 0 aliphatic carbocycles. The van der Waals surface area contributed by atoms with Gasteiger partial charge >= 0.3 is 5.69 Å². The predicted octanol–water partition coefficient (Wildman–Crippen LogP) is 0.285. The fourth-order valence-electron chi connectivity index (χ4n) is 2.19. The van der Waals surface area contributed by atoms with Crippen LogP contribution >= 0.6 is 11.6 Å². The Hall–Kier alpha value is -1.78. The van der Waals surface area contributed by atoms with E-state index in [4.69, 9.17) is 16.7 Å². The Bertz CT molecular complexity index is 707. The minimum atomic E-state index is -3.73. The summed E-state index contributed by atoms with van der Waals surface area (Å²) in [6.45, 7) is -0.0105. The summed E-state index contributed by atoms with van der Waals surface area (Å²) < 4.78 is 22.1. The maximum absolute atomic E-state index is 11.9. The second-order valence-electron chi connectivity index (χ2n) is 4.64. The van der Waals surface area contributed by atoms with Gasteiger partial charge < -0.3 is 0 Å². The van der Waals surface area contributed by atoms with Gasteiger partial charge in [-0.15, -0.1) is 0 Å². The number of carbonyl (C=O) groups excluding carboxylic acids is 1. The highest BCUT2D eigenvalue weighted by molar-refractivity contribution is 7.89. The molecule has 1 fully saturated rings. The number of hydrogen-bond donors (Lipinski definition) is 1. The molecule has 0 aromatic carbocycles. The SMILES string of the molecule is NS(=O)(=O)CC1CC(=O)N(c2nc(Cl)ccc2[N+](=O)[O-])C1. The van der Waals surface area contributed by atoms with Gasteiger partial charge in [0.25, 0.3) is 0 Å². The quantitative estimate of drug-likeness (QED) is 0.477. The average Bonchev–Trinajstić information content (AvgIpc) is 2.66. The van der Waals surface area contributed by atoms with E-state index in [9.17, 15) is 23.3 Å². The molecular formula is C10H11ClN4O5S. The number of pyridine rings is 1. The Kier molecular flexibility index (Phi) is 4.12. The molecule has 1 atom stereocenters. The maximum atomic E-state index is 11.9. The number of primary sulfonamides is 1. The molecule has 1 amide bonds. The zero-order valence-electron chi connectivity index (χ0n) is 10.6. The smallest absolute Gasteiger partial charge is 0.291 e. The van der Waals surface area contributed by atoms with E-state index in [2.05, 4.69) is 4.98 Å². The number of nitrogens with zero attached hydrogens (tertiary/aromatic N) is 3. The molecular weight excluding hydrogens is 324 g/mol. The fourth-order valence-corrected chi connectivity index (χ4v) is 3.21. The first-order chi connectivity index (χ1) is 9.67. The Balaban J connectivity index is 2.33. The van der Waals surface area contributed by atoms with Crippen molar-refractivity contribution in [3.63, 3.8) is 0 Å². The highest BCUT2D eigenvalue weighted by Crippen LogP contribution is 2.32. The van der Waals surface area contributed by atoms with Crippen LogP contribution < -0.4 is 10.0 Å². The standard InChI is InChI=1S/C10H11ClN4O5S/c11-8-2-1-7(15(17)18)10(13-8)14-4-6(3-9(14)16)5-21(12,19)20/h1-2,6H,3-5H2,(H2,12,19,20). The van der Waals surface area contributed by atoms with Crippen LogP contribution in [0.1, 0.15) is 6.42 Å². The van der Waals surface area contributed by atoms with Gasteiger partial charge in [0, 0.05) is 24.9 Å². The van der Waals surface area contributed by atoms with E-state index in [1.54, 1.807) is 0 Å². The number of anilines is 1. The lowest BCUT2D eigenvalue weighted by molar-refractivity contribution is -0.384. The zero-order valence-corrected chi connectivity index (χ0v) is 12.2. The van der Waals surface area contributed by atoms with Gasteiger partial charge in [-0.3, -0.25) is 19.8 Å². The molecule has 0 bridgehead atoms. The molecule has 21 heavy (non-hydrogen) atoms. The minimum absolute atomic E-state index is 0.00158. The van der Waals surface area contributed by atoms with E-state index in [0.29, 0.717) is 0 Å². The Labute approximate surface area is 124 Å². The first-order valence-corrected chi connectivity index (χ1v) is 7.88. The minimum Gasteiger partial charge on any atom is -0.291 e. The maximum Gasteiger partial charge on any atom is 0.312 e. The highest BCUT2D eigenvalue weighted by atomic mass is 35.5. The second-order valence-corrected chi connectivity index (χ2v) is 6.68. The Morgan fingerprint density at radius 2 is 2.19 bits per heavy atom. The monoisotopic (exact) mass is 334 g/mol. The van der Waals surface area contributed by atoms with E-state index >= 15 is 0 Å². The molecule has 1 unspecified atom stereocenters. The van der Waals surface area contributed by atoms with Gasteiger partial charge in [0.1, 0.15) is 5.15 Å². The van der Waals surface area contributed by atoms with Crippen LogP contribution in [0.3, 0.4) is 0 Å². The van der Waals surface area contributed by atoms with Crippen LogP contribution in [0, 0.1) is 16.0 Å². The lowest BCUT2D eigenvalue weighted by Crippen LogP contribution is -2.28. The number of hydrogen-bond acceptors (Lipinski definition) is 6. The van der Waals surface area contributed by atoms with Crippen molar-refractivity contribution in [1.29, 1.82) is 0 Å². The molecule has 2 rings (SSSR count). The normalized spacial score (nSPS) is 19.0. The lowest BCUT2D eigenvalue weighted by atomic mass is 10.1. The number of carbonyl (C=O) groups is 1. The Morgan fingerprint density at radius 1 is 1.52 bits per heavy atom. The first-order valence-electron chi connectivity index (χ1n) is 5.79. The molecule has 0 spiro atoms.